The zero-order chi connectivity index (χ0) is 12.3. The number of anilines is 1. The van der Waals surface area contributed by atoms with Gasteiger partial charge in [-0.25, -0.2) is 4.98 Å². The molecule has 17 heavy (non-hydrogen) atoms. The second-order valence-electron chi connectivity index (χ2n) is 3.94. The number of rotatable bonds is 4. The molecule has 0 aliphatic heterocycles. The van der Waals surface area contributed by atoms with Crippen LogP contribution in [0.1, 0.15) is 17.2 Å². The third kappa shape index (κ3) is 2.82. The zero-order valence-electron chi connectivity index (χ0n) is 10.1. The molecule has 2 aromatic heterocycles. The normalized spacial score (nSPS) is 10.5. The quantitative estimate of drug-likeness (QED) is 0.864. The lowest BCUT2D eigenvalue weighted by Gasteiger charge is -2.16. The maximum atomic E-state index is 5.54. The fourth-order valence-electron chi connectivity index (χ4n) is 1.56. The molecule has 0 fully saturated rings. The van der Waals surface area contributed by atoms with E-state index in [-0.39, 0.29) is 0 Å². The summed E-state index contributed by atoms with van der Waals surface area (Å²) in [5, 5.41) is 0. The Kier molecular flexibility index (Phi) is 3.39. The number of nitrogens with two attached hydrogens (primary N) is 1. The highest BCUT2D eigenvalue weighted by atomic mass is 16.3. The Hall–Kier alpha value is -1.88. The van der Waals surface area contributed by atoms with E-state index in [9.17, 15) is 0 Å². The van der Waals surface area contributed by atoms with Crippen LogP contribution in [0.5, 0.6) is 0 Å². The minimum absolute atomic E-state index is 0.397. The summed E-state index contributed by atoms with van der Waals surface area (Å²) in [6.45, 7) is 2.99. The number of hydrogen-bond donors (Lipinski definition) is 1. The first-order valence-corrected chi connectivity index (χ1v) is 5.46. The van der Waals surface area contributed by atoms with Crippen molar-refractivity contribution >= 4 is 5.82 Å². The molecule has 2 heterocycles. The lowest BCUT2D eigenvalue weighted by Crippen LogP contribution is -2.18. The molecule has 0 unspecified atom stereocenters. The maximum Gasteiger partial charge on any atom is 0.147 e. The number of aryl methyl sites for hydroxylation is 1. The zero-order valence-corrected chi connectivity index (χ0v) is 10.1. The van der Waals surface area contributed by atoms with Crippen molar-refractivity contribution in [3.05, 3.63) is 41.7 Å². The van der Waals surface area contributed by atoms with Gasteiger partial charge in [0.05, 0.1) is 18.4 Å². The molecule has 0 spiro atoms. The van der Waals surface area contributed by atoms with E-state index in [0.29, 0.717) is 13.1 Å². The van der Waals surface area contributed by atoms with Crippen LogP contribution >= 0.6 is 0 Å². The largest absolute Gasteiger partial charge is 0.464 e. The SMILES string of the molecule is Cc1ccc(CN(C)c2cncc(CN)n2)o1. The smallest absolute Gasteiger partial charge is 0.147 e. The van der Waals surface area contributed by atoms with E-state index < -0.39 is 0 Å². The van der Waals surface area contributed by atoms with Crippen molar-refractivity contribution in [1.82, 2.24) is 9.97 Å². The van der Waals surface area contributed by atoms with E-state index in [1.807, 2.05) is 31.0 Å². The van der Waals surface area contributed by atoms with Gasteiger partial charge in [0.15, 0.2) is 0 Å². The van der Waals surface area contributed by atoms with E-state index in [4.69, 9.17) is 10.2 Å². The standard InChI is InChI=1S/C12H16N4O/c1-9-3-4-11(17-9)8-16(2)12-7-14-6-10(5-13)15-12/h3-4,6-7H,5,8,13H2,1-2H3. The Bertz CT molecular complexity index is 495. The Morgan fingerprint density at radius 1 is 1.35 bits per heavy atom. The summed E-state index contributed by atoms with van der Waals surface area (Å²) in [6.07, 6.45) is 3.39. The van der Waals surface area contributed by atoms with Gasteiger partial charge in [-0.3, -0.25) is 4.98 Å². The molecule has 5 nitrogen and oxygen atoms in total. The van der Waals surface area contributed by atoms with Gasteiger partial charge in [-0.05, 0) is 19.1 Å². The van der Waals surface area contributed by atoms with Gasteiger partial charge < -0.3 is 15.1 Å². The van der Waals surface area contributed by atoms with Crippen molar-refractivity contribution in [2.24, 2.45) is 5.73 Å². The highest BCUT2D eigenvalue weighted by molar-refractivity contribution is 5.35. The van der Waals surface area contributed by atoms with Crippen LogP contribution in [0.4, 0.5) is 5.82 Å². The van der Waals surface area contributed by atoms with Crippen molar-refractivity contribution in [1.29, 1.82) is 0 Å². The van der Waals surface area contributed by atoms with Crippen LogP contribution in [0.25, 0.3) is 0 Å². The summed E-state index contributed by atoms with van der Waals surface area (Å²) < 4.78 is 5.52. The van der Waals surface area contributed by atoms with Gasteiger partial charge in [0.25, 0.3) is 0 Å². The molecule has 0 saturated heterocycles. The molecule has 0 amide bonds. The lowest BCUT2D eigenvalue weighted by molar-refractivity contribution is 0.481. The van der Waals surface area contributed by atoms with Gasteiger partial charge in [0.2, 0.25) is 0 Å². The summed E-state index contributed by atoms with van der Waals surface area (Å²) in [4.78, 5) is 10.5. The number of furan rings is 1. The number of aromatic nitrogens is 2. The Labute approximate surface area is 100 Å². The molecule has 2 rings (SSSR count). The number of hydrogen-bond acceptors (Lipinski definition) is 5. The molecule has 0 saturated carbocycles. The summed E-state index contributed by atoms with van der Waals surface area (Å²) in [5.74, 6) is 2.61. The van der Waals surface area contributed by atoms with Gasteiger partial charge in [0, 0.05) is 19.8 Å². The highest BCUT2D eigenvalue weighted by Gasteiger charge is 2.07. The van der Waals surface area contributed by atoms with Crippen LogP contribution in [-0.2, 0) is 13.1 Å². The van der Waals surface area contributed by atoms with E-state index in [1.54, 1.807) is 12.4 Å². The van der Waals surface area contributed by atoms with Crippen LogP contribution in [0.3, 0.4) is 0 Å². The van der Waals surface area contributed by atoms with Crippen molar-refractivity contribution in [3.8, 4) is 0 Å². The fourth-order valence-corrected chi connectivity index (χ4v) is 1.56. The molecule has 0 radical (unpaired) electrons. The molecular weight excluding hydrogens is 216 g/mol. The maximum absolute atomic E-state index is 5.54. The molecular formula is C12H16N4O. The van der Waals surface area contributed by atoms with Crippen LogP contribution < -0.4 is 10.6 Å². The third-order valence-corrected chi connectivity index (χ3v) is 2.46. The Morgan fingerprint density at radius 2 is 2.18 bits per heavy atom. The average molecular weight is 232 g/mol. The molecule has 0 bridgehead atoms. The second kappa shape index (κ2) is 4.97. The monoisotopic (exact) mass is 232 g/mol. The summed E-state index contributed by atoms with van der Waals surface area (Å²) >= 11 is 0. The van der Waals surface area contributed by atoms with Gasteiger partial charge in [-0.15, -0.1) is 0 Å². The molecule has 0 aliphatic carbocycles. The molecule has 2 aromatic rings. The average Bonchev–Trinajstić information content (AvgIpc) is 2.75. The predicted octanol–water partition coefficient (Wildman–Crippen LogP) is 1.47. The second-order valence-corrected chi connectivity index (χ2v) is 3.94. The van der Waals surface area contributed by atoms with Crippen LogP contribution in [0, 0.1) is 6.92 Å². The van der Waals surface area contributed by atoms with E-state index in [0.717, 1.165) is 23.0 Å². The van der Waals surface area contributed by atoms with Crippen molar-refractivity contribution in [3.63, 3.8) is 0 Å². The molecule has 0 aromatic carbocycles. The highest BCUT2D eigenvalue weighted by Crippen LogP contribution is 2.13. The Morgan fingerprint density at radius 3 is 2.82 bits per heavy atom. The molecule has 5 heteroatoms. The summed E-state index contributed by atoms with van der Waals surface area (Å²) in [5.41, 5.74) is 6.32. The minimum atomic E-state index is 0.397. The summed E-state index contributed by atoms with van der Waals surface area (Å²) in [7, 11) is 1.95. The fraction of sp³-hybridized carbons (Fsp3) is 0.333. The summed E-state index contributed by atoms with van der Waals surface area (Å²) in [6, 6.07) is 3.91. The number of nitrogens with zero attached hydrogens (tertiary/aromatic N) is 3. The van der Waals surface area contributed by atoms with Gasteiger partial charge in [-0.1, -0.05) is 0 Å². The van der Waals surface area contributed by atoms with Crippen LogP contribution in [-0.4, -0.2) is 17.0 Å². The molecule has 0 aliphatic rings. The topological polar surface area (TPSA) is 68.2 Å². The van der Waals surface area contributed by atoms with Crippen LogP contribution in [0.2, 0.25) is 0 Å². The van der Waals surface area contributed by atoms with E-state index in [1.165, 1.54) is 0 Å². The molecule has 90 valence electrons. The first kappa shape index (κ1) is 11.6. The van der Waals surface area contributed by atoms with Crippen molar-refractivity contribution in [2.75, 3.05) is 11.9 Å². The minimum Gasteiger partial charge on any atom is -0.464 e. The first-order chi connectivity index (χ1) is 8.19. The van der Waals surface area contributed by atoms with Gasteiger partial charge >= 0.3 is 0 Å². The molecule has 2 N–H and O–H groups in total. The van der Waals surface area contributed by atoms with E-state index >= 15 is 0 Å². The lowest BCUT2D eigenvalue weighted by atomic mass is 10.4. The van der Waals surface area contributed by atoms with Crippen molar-refractivity contribution < 1.29 is 4.42 Å². The van der Waals surface area contributed by atoms with Gasteiger partial charge in [0.1, 0.15) is 17.3 Å². The van der Waals surface area contributed by atoms with Crippen molar-refractivity contribution in [2.45, 2.75) is 20.0 Å². The molecule has 0 atom stereocenters. The Balaban J connectivity index is 2.11. The van der Waals surface area contributed by atoms with Gasteiger partial charge in [-0.2, -0.15) is 0 Å². The van der Waals surface area contributed by atoms with E-state index in [2.05, 4.69) is 9.97 Å². The van der Waals surface area contributed by atoms with Crippen LogP contribution in [0.15, 0.2) is 28.9 Å². The predicted molar refractivity (Wildman–Crippen MR) is 65.5 cm³/mol. The first-order valence-electron chi connectivity index (χ1n) is 5.46. The third-order valence-electron chi connectivity index (χ3n) is 2.46.